The maximum Gasteiger partial charge on any atom is 0.303 e. The van der Waals surface area contributed by atoms with Crippen LogP contribution < -0.4 is 0 Å². The normalized spacial score (nSPS) is 48.9. The number of Topliss-reactive ketones (excluding diaryl/α,β-unsaturated/α-hetero) is 1. The zero-order valence-electron chi connectivity index (χ0n) is 15.6. The number of hydrogen-bond donors (Lipinski definition) is 1. The van der Waals surface area contributed by atoms with Crippen LogP contribution >= 0.6 is 0 Å². The molecule has 7 atom stereocenters. The van der Waals surface area contributed by atoms with Crippen molar-refractivity contribution < 1.29 is 19.4 Å². The Morgan fingerprint density at radius 3 is 2.64 bits per heavy atom. The molecule has 4 aliphatic carbocycles. The van der Waals surface area contributed by atoms with Crippen LogP contribution in [0.25, 0.3) is 0 Å². The first-order valence-corrected chi connectivity index (χ1v) is 9.85. The van der Waals surface area contributed by atoms with E-state index in [0.29, 0.717) is 24.2 Å². The zero-order valence-corrected chi connectivity index (χ0v) is 15.6. The molecule has 0 unspecified atom stereocenters. The molecule has 138 valence electrons. The minimum absolute atomic E-state index is 0.144. The molecule has 25 heavy (non-hydrogen) atoms. The molecule has 3 saturated carbocycles. The number of aliphatic hydroxyl groups is 1. The summed E-state index contributed by atoms with van der Waals surface area (Å²) in [5, 5.41) is 10.1. The van der Waals surface area contributed by atoms with E-state index < -0.39 is 6.10 Å². The smallest absolute Gasteiger partial charge is 0.303 e. The van der Waals surface area contributed by atoms with Crippen molar-refractivity contribution >= 4 is 11.8 Å². The van der Waals surface area contributed by atoms with Crippen molar-refractivity contribution in [1.29, 1.82) is 0 Å². The fraction of sp³-hybridized carbons (Fsp3) is 0.810. The van der Waals surface area contributed by atoms with E-state index in [1.165, 1.54) is 12.5 Å². The van der Waals surface area contributed by atoms with Gasteiger partial charge < -0.3 is 9.84 Å². The minimum atomic E-state index is -0.544. The molecule has 0 aromatic heterocycles. The zero-order chi connectivity index (χ0) is 18.0. The number of rotatable bonds is 1. The summed E-state index contributed by atoms with van der Waals surface area (Å²) in [4.78, 5) is 24.4. The van der Waals surface area contributed by atoms with Crippen LogP contribution in [0.1, 0.15) is 65.7 Å². The Bertz CT molecular complexity index is 638. The molecule has 0 aromatic carbocycles. The highest BCUT2D eigenvalue weighted by atomic mass is 16.5. The van der Waals surface area contributed by atoms with Crippen LogP contribution in [0.5, 0.6) is 0 Å². The van der Waals surface area contributed by atoms with Gasteiger partial charge in [-0.25, -0.2) is 0 Å². The Morgan fingerprint density at radius 2 is 1.92 bits per heavy atom. The van der Waals surface area contributed by atoms with Crippen LogP contribution in [0.4, 0.5) is 0 Å². The third-order valence-corrected chi connectivity index (χ3v) is 8.10. The largest absolute Gasteiger partial charge is 0.455 e. The van der Waals surface area contributed by atoms with Crippen molar-refractivity contribution in [3.05, 3.63) is 11.6 Å². The second-order valence-corrected chi connectivity index (χ2v) is 9.31. The van der Waals surface area contributed by atoms with E-state index in [4.69, 9.17) is 4.74 Å². The number of hydrogen-bond acceptors (Lipinski definition) is 4. The lowest BCUT2D eigenvalue weighted by atomic mass is 9.48. The van der Waals surface area contributed by atoms with Crippen LogP contribution in [0.15, 0.2) is 11.6 Å². The predicted molar refractivity (Wildman–Crippen MR) is 93.7 cm³/mol. The van der Waals surface area contributed by atoms with Crippen LogP contribution in [0.3, 0.4) is 0 Å². The number of ketones is 1. The number of ether oxygens (including phenoxy) is 1. The van der Waals surface area contributed by atoms with Gasteiger partial charge in [0.05, 0.1) is 6.10 Å². The topological polar surface area (TPSA) is 63.6 Å². The van der Waals surface area contributed by atoms with E-state index in [2.05, 4.69) is 19.9 Å². The molecule has 4 nitrogen and oxygen atoms in total. The van der Waals surface area contributed by atoms with Gasteiger partial charge in [-0.3, -0.25) is 9.59 Å². The number of aliphatic hydroxyl groups excluding tert-OH is 1. The SMILES string of the molecule is CC(=O)O[C@@H]1C[C@@H]2[C@@H]3CC=C4C[C@@H](O)CC[C@]4(C)[C@H]3CC[C@]2(C)C1=O. The Hall–Kier alpha value is -1.16. The average Bonchev–Trinajstić information content (AvgIpc) is 2.79. The molecular formula is C21H30O4. The fourth-order valence-electron chi connectivity index (χ4n) is 6.71. The van der Waals surface area contributed by atoms with Gasteiger partial charge in [0.15, 0.2) is 11.9 Å². The Balaban J connectivity index is 1.64. The standard InChI is InChI=1S/C21H30O4/c1-12(22)25-18-11-17-15-5-4-13-10-14(23)6-8-20(13,2)16(15)7-9-21(17,3)19(18)24/h4,14-18,23H,5-11H2,1-3H3/t14-,15+,16-,17+,18+,20-,21-/m0/s1. The molecule has 0 spiro atoms. The number of fused-ring (bicyclic) bond motifs is 5. The van der Waals surface area contributed by atoms with Crippen molar-refractivity contribution in [3.63, 3.8) is 0 Å². The first-order valence-electron chi connectivity index (χ1n) is 9.85. The number of esters is 1. The molecule has 4 heteroatoms. The van der Waals surface area contributed by atoms with Crippen molar-refractivity contribution in [3.8, 4) is 0 Å². The second-order valence-electron chi connectivity index (χ2n) is 9.31. The maximum absolute atomic E-state index is 13.0. The molecule has 0 aliphatic heterocycles. The van der Waals surface area contributed by atoms with Gasteiger partial charge in [0.25, 0.3) is 0 Å². The monoisotopic (exact) mass is 346 g/mol. The molecule has 0 bridgehead atoms. The summed E-state index contributed by atoms with van der Waals surface area (Å²) in [6, 6.07) is 0. The lowest BCUT2D eigenvalue weighted by molar-refractivity contribution is -0.153. The lowest BCUT2D eigenvalue weighted by Gasteiger charge is -2.56. The molecular weight excluding hydrogens is 316 g/mol. The van der Waals surface area contributed by atoms with Gasteiger partial charge in [-0.15, -0.1) is 0 Å². The first-order chi connectivity index (χ1) is 11.8. The molecule has 0 saturated heterocycles. The van der Waals surface area contributed by atoms with Crippen molar-refractivity contribution in [2.75, 3.05) is 0 Å². The minimum Gasteiger partial charge on any atom is -0.455 e. The highest BCUT2D eigenvalue weighted by Crippen LogP contribution is 2.64. The van der Waals surface area contributed by atoms with Crippen molar-refractivity contribution in [2.24, 2.45) is 28.6 Å². The van der Waals surface area contributed by atoms with Gasteiger partial charge in [-0.05, 0) is 68.1 Å². The highest BCUT2D eigenvalue weighted by molar-refractivity contribution is 5.92. The summed E-state index contributed by atoms with van der Waals surface area (Å²) in [6.45, 7) is 5.88. The molecule has 0 aromatic rings. The van der Waals surface area contributed by atoms with Crippen molar-refractivity contribution in [1.82, 2.24) is 0 Å². The third-order valence-electron chi connectivity index (χ3n) is 8.10. The maximum atomic E-state index is 13.0. The fourth-order valence-corrected chi connectivity index (χ4v) is 6.71. The van der Waals surface area contributed by atoms with Gasteiger partial charge >= 0.3 is 5.97 Å². The molecule has 4 rings (SSSR count). The van der Waals surface area contributed by atoms with Gasteiger partial charge in [-0.2, -0.15) is 0 Å². The average molecular weight is 346 g/mol. The quantitative estimate of drug-likeness (QED) is 0.584. The van der Waals surface area contributed by atoms with E-state index in [-0.39, 0.29) is 28.7 Å². The van der Waals surface area contributed by atoms with Gasteiger partial charge in [0.1, 0.15) is 0 Å². The molecule has 0 radical (unpaired) electrons. The van der Waals surface area contributed by atoms with E-state index in [0.717, 1.165) is 38.5 Å². The number of allylic oxidation sites excluding steroid dienone is 1. The Morgan fingerprint density at radius 1 is 1.20 bits per heavy atom. The van der Waals surface area contributed by atoms with E-state index >= 15 is 0 Å². The van der Waals surface area contributed by atoms with Crippen LogP contribution in [-0.4, -0.2) is 29.1 Å². The predicted octanol–water partition coefficient (Wildman–Crippen LogP) is 3.42. The number of carbonyl (C=O) groups excluding carboxylic acids is 2. The van der Waals surface area contributed by atoms with Crippen LogP contribution in [0.2, 0.25) is 0 Å². The highest BCUT2D eigenvalue weighted by Gasteiger charge is 2.61. The summed E-state index contributed by atoms with van der Waals surface area (Å²) < 4.78 is 5.37. The number of carbonyl (C=O) groups is 2. The van der Waals surface area contributed by atoms with Gasteiger partial charge in [0.2, 0.25) is 0 Å². The van der Waals surface area contributed by atoms with E-state index in [1.807, 2.05) is 0 Å². The van der Waals surface area contributed by atoms with E-state index in [1.54, 1.807) is 0 Å². The first kappa shape index (κ1) is 17.3. The Labute approximate surface area is 150 Å². The Kier molecular flexibility index (Phi) is 3.91. The van der Waals surface area contributed by atoms with Crippen LogP contribution in [-0.2, 0) is 14.3 Å². The molecule has 0 amide bonds. The lowest BCUT2D eigenvalue weighted by Crippen LogP contribution is -2.50. The molecule has 4 aliphatic rings. The van der Waals surface area contributed by atoms with Gasteiger partial charge in [0, 0.05) is 12.3 Å². The van der Waals surface area contributed by atoms with Crippen molar-refractivity contribution in [2.45, 2.75) is 77.9 Å². The molecule has 3 fully saturated rings. The molecule has 1 N–H and O–H groups in total. The third kappa shape index (κ3) is 2.43. The second kappa shape index (κ2) is 5.67. The summed E-state index contributed by atoms with van der Waals surface area (Å²) in [7, 11) is 0. The summed E-state index contributed by atoms with van der Waals surface area (Å²) in [5.74, 6) is 1.18. The van der Waals surface area contributed by atoms with E-state index in [9.17, 15) is 14.7 Å². The summed E-state index contributed by atoms with van der Waals surface area (Å²) in [5.41, 5.74) is 1.28. The van der Waals surface area contributed by atoms with Crippen LogP contribution in [0, 0.1) is 28.6 Å². The summed E-state index contributed by atoms with van der Waals surface area (Å²) in [6.07, 6.45) is 8.04. The summed E-state index contributed by atoms with van der Waals surface area (Å²) >= 11 is 0. The molecule has 0 heterocycles. The van der Waals surface area contributed by atoms with Gasteiger partial charge in [-0.1, -0.05) is 25.5 Å².